The molecule has 0 fully saturated rings. The Bertz CT molecular complexity index is 806. The number of ether oxygens (including phenoxy) is 1. The van der Waals surface area contributed by atoms with E-state index in [4.69, 9.17) is 4.74 Å². The minimum Gasteiger partial charge on any atom is -0.489 e. The summed E-state index contributed by atoms with van der Waals surface area (Å²) in [6, 6.07) is 7.26. The van der Waals surface area contributed by atoms with Gasteiger partial charge in [-0.15, -0.1) is 0 Å². The molecule has 2 aromatic rings. The van der Waals surface area contributed by atoms with Gasteiger partial charge in [-0.1, -0.05) is 18.2 Å². The number of carbonyl (C=O) groups excluding carboxylic acids is 1. The molecule has 26 heavy (non-hydrogen) atoms. The summed E-state index contributed by atoms with van der Waals surface area (Å²) >= 11 is 0. The lowest BCUT2D eigenvalue weighted by Crippen LogP contribution is -2.14. The van der Waals surface area contributed by atoms with Gasteiger partial charge < -0.3 is 4.74 Å². The second kappa shape index (κ2) is 7.63. The van der Waals surface area contributed by atoms with Crippen molar-refractivity contribution in [3.8, 4) is 5.75 Å². The number of hydrogen-bond acceptors (Lipinski definition) is 2. The van der Waals surface area contributed by atoms with Gasteiger partial charge in [0.15, 0.2) is 0 Å². The number of rotatable bonds is 5. The number of hydrogen-bond donors (Lipinski definition) is 0. The van der Waals surface area contributed by atoms with Crippen LogP contribution in [0.3, 0.4) is 0 Å². The zero-order valence-electron chi connectivity index (χ0n) is 13.1. The van der Waals surface area contributed by atoms with Crippen molar-refractivity contribution in [3.63, 3.8) is 0 Å². The molecule has 0 aliphatic carbocycles. The molecule has 0 unspecified atom stereocenters. The van der Waals surface area contributed by atoms with Crippen LogP contribution in [0.1, 0.15) is 22.3 Å². The fraction of sp³-hybridized carbons (Fsp3) is 0.167. The molecule has 0 heterocycles. The maximum atomic E-state index is 13.0. The van der Waals surface area contributed by atoms with Gasteiger partial charge in [0.1, 0.15) is 18.6 Å². The predicted molar refractivity (Wildman–Crippen MR) is 82.3 cm³/mol. The highest BCUT2D eigenvalue weighted by Crippen LogP contribution is 2.37. The standard InChI is InChI=1S/C18H12F6O2/c19-17(20,21)14-6-7-16(18(22,23)24)13(10-14)11-26-15-5-1-3-12(9-15)4-2-8-25/h1-10H,11H2. The SMILES string of the molecule is O=CC=Cc1cccc(OCc2cc(C(F)(F)F)ccc2C(F)(F)F)c1. The van der Waals surface area contributed by atoms with Crippen molar-refractivity contribution >= 4 is 12.4 Å². The van der Waals surface area contributed by atoms with Gasteiger partial charge in [0.2, 0.25) is 0 Å². The topological polar surface area (TPSA) is 26.3 Å². The molecule has 0 bridgehead atoms. The monoisotopic (exact) mass is 374 g/mol. The molecule has 0 aliphatic rings. The Hall–Kier alpha value is -2.77. The van der Waals surface area contributed by atoms with Crippen molar-refractivity contribution < 1.29 is 35.9 Å². The van der Waals surface area contributed by atoms with E-state index in [1.807, 2.05) is 0 Å². The van der Waals surface area contributed by atoms with Crippen molar-refractivity contribution in [1.82, 2.24) is 0 Å². The molecule has 2 nitrogen and oxygen atoms in total. The highest BCUT2D eigenvalue weighted by atomic mass is 19.4. The minimum absolute atomic E-state index is 0.156. The highest BCUT2D eigenvalue weighted by molar-refractivity contribution is 5.74. The Morgan fingerprint density at radius 3 is 2.27 bits per heavy atom. The van der Waals surface area contributed by atoms with Crippen LogP contribution in [-0.4, -0.2) is 6.29 Å². The molecule has 0 aliphatic heterocycles. The van der Waals surface area contributed by atoms with Crippen molar-refractivity contribution in [2.24, 2.45) is 0 Å². The third-order valence-corrected chi connectivity index (χ3v) is 3.36. The summed E-state index contributed by atoms with van der Waals surface area (Å²) in [5.41, 5.74) is -2.45. The highest BCUT2D eigenvalue weighted by Gasteiger charge is 2.37. The van der Waals surface area contributed by atoms with Gasteiger partial charge in [-0.05, 0) is 42.0 Å². The molecule has 8 heteroatoms. The second-order valence-electron chi connectivity index (χ2n) is 5.22. The third-order valence-electron chi connectivity index (χ3n) is 3.36. The van der Waals surface area contributed by atoms with Crippen molar-refractivity contribution in [2.45, 2.75) is 19.0 Å². The molecule has 2 aromatic carbocycles. The Balaban J connectivity index is 2.30. The molecule has 0 amide bonds. The van der Waals surface area contributed by atoms with Crippen LogP contribution in [0.15, 0.2) is 48.5 Å². The molecule has 0 aromatic heterocycles. The Morgan fingerprint density at radius 2 is 1.65 bits per heavy atom. The Kier molecular flexibility index (Phi) is 5.74. The van der Waals surface area contributed by atoms with E-state index >= 15 is 0 Å². The Morgan fingerprint density at radius 1 is 0.923 bits per heavy atom. The first-order valence-corrected chi connectivity index (χ1v) is 7.23. The largest absolute Gasteiger partial charge is 0.489 e. The van der Waals surface area contributed by atoms with Crippen LogP contribution in [-0.2, 0) is 23.8 Å². The van der Waals surface area contributed by atoms with Gasteiger partial charge in [-0.25, -0.2) is 0 Å². The molecule has 138 valence electrons. The molecular weight excluding hydrogens is 362 g/mol. The average molecular weight is 374 g/mol. The summed E-state index contributed by atoms with van der Waals surface area (Å²) < 4.78 is 82.6. The van der Waals surface area contributed by atoms with Crippen LogP contribution in [0.5, 0.6) is 5.75 Å². The molecule has 0 N–H and O–H groups in total. The first kappa shape index (κ1) is 19.6. The number of halogens is 6. The van der Waals surface area contributed by atoms with E-state index in [1.165, 1.54) is 30.4 Å². The van der Waals surface area contributed by atoms with Crippen LogP contribution in [0, 0.1) is 0 Å². The lowest BCUT2D eigenvalue weighted by atomic mass is 10.0. The van der Waals surface area contributed by atoms with E-state index in [1.54, 1.807) is 6.07 Å². The number of allylic oxidation sites excluding steroid dienone is 1. The maximum absolute atomic E-state index is 13.0. The van der Waals surface area contributed by atoms with Gasteiger partial charge in [-0.2, -0.15) is 26.3 Å². The van der Waals surface area contributed by atoms with E-state index in [9.17, 15) is 31.1 Å². The van der Waals surface area contributed by atoms with E-state index in [-0.39, 0.29) is 5.75 Å². The second-order valence-corrected chi connectivity index (χ2v) is 5.22. The predicted octanol–water partition coefficient (Wildman–Crippen LogP) is 5.52. The van der Waals surface area contributed by atoms with Crippen LogP contribution < -0.4 is 4.74 Å². The fourth-order valence-electron chi connectivity index (χ4n) is 2.19. The van der Waals surface area contributed by atoms with Crippen molar-refractivity contribution in [3.05, 3.63) is 70.8 Å². The molecule has 2 rings (SSSR count). The summed E-state index contributed by atoms with van der Waals surface area (Å²) in [7, 11) is 0. The van der Waals surface area contributed by atoms with E-state index in [0.29, 0.717) is 30.0 Å². The van der Waals surface area contributed by atoms with Crippen LogP contribution in [0.25, 0.3) is 6.08 Å². The maximum Gasteiger partial charge on any atom is 0.416 e. The van der Waals surface area contributed by atoms with Crippen LogP contribution >= 0.6 is 0 Å². The summed E-state index contributed by atoms with van der Waals surface area (Å²) in [6.45, 7) is -0.695. The van der Waals surface area contributed by atoms with E-state index < -0.39 is 35.6 Å². The lowest BCUT2D eigenvalue weighted by molar-refractivity contribution is -0.142. The summed E-state index contributed by atoms with van der Waals surface area (Å²) in [5.74, 6) is 0.156. The lowest BCUT2D eigenvalue weighted by Gasteiger charge is -2.16. The molecule has 0 atom stereocenters. The molecular formula is C18H12F6O2. The summed E-state index contributed by atoms with van der Waals surface area (Å²) in [6.07, 6.45) is -6.36. The molecule has 0 radical (unpaired) electrons. The number of alkyl halides is 6. The third kappa shape index (κ3) is 5.11. The first-order chi connectivity index (χ1) is 12.1. The van der Waals surface area contributed by atoms with Gasteiger partial charge >= 0.3 is 12.4 Å². The summed E-state index contributed by atoms with van der Waals surface area (Å²) in [4.78, 5) is 10.3. The van der Waals surface area contributed by atoms with Gasteiger partial charge in [-0.3, -0.25) is 4.79 Å². The van der Waals surface area contributed by atoms with E-state index in [0.717, 1.165) is 0 Å². The van der Waals surface area contributed by atoms with E-state index in [2.05, 4.69) is 0 Å². The minimum atomic E-state index is -4.81. The number of carbonyl (C=O) groups is 1. The number of aldehydes is 1. The fourth-order valence-corrected chi connectivity index (χ4v) is 2.19. The van der Waals surface area contributed by atoms with Crippen molar-refractivity contribution in [2.75, 3.05) is 0 Å². The van der Waals surface area contributed by atoms with Crippen LogP contribution in [0.4, 0.5) is 26.3 Å². The Labute approximate surface area is 144 Å². The van der Waals surface area contributed by atoms with Gasteiger partial charge in [0.25, 0.3) is 0 Å². The number of benzene rings is 2. The average Bonchev–Trinajstić information content (AvgIpc) is 2.56. The molecule has 0 spiro atoms. The normalized spacial score (nSPS) is 12.4. The first-order valence-electron chi connectivity index (χ1n) is 7.23. The van der Waals surface area contributed by atoms with Crippen LogP contribution in [0.2, 0.25) is 0 Å². The van der Waals surface area contributed by atoms with Gasteiger partial charge in [0, 0.05) is 5.56 Å². The smallest absolute Gasteiger partial charge is 0.416 e. The van der Waals surface area contributed by atoms with Crippen molar-refractivity contribution in [1.29, 1.82) is 0 Å². The molecule has 0 saturated carbocycles. The van der Waals surface area contributed by atoms with Gasteiger partial charge in [0.05, 0.1) is 11.1 Å². The zero-order valence-corrected chi connectivity index (χ0v) is 13.1. The quantitative estimate of drug-likeness (QED) is 0.392. The summed E-state index contributed by atoms with van der Waals surface area (Å²) in [5, 5.41) is 0. The zero-order chi connectivity index (χ0) is 19.4. The molecule has 0 saturated heterocycles.